The van der Waals surface area contributed by atoms with Gasteiger partial charge in [-0.15, -0.1) is 0 Å². The van der Waals surface area contributed by atoms with E-state index in [0.29, 0.717) is 0 Å². The lowest BCUT2D eigenvalue weighted by Gasteiger charge is -2.13. The van der Waals surface area contributed by atoms with E-state index >= 15 is 0 Å². The zero-order valence-corrected chi connectivity index (χ0v) is 11.2. The Hall–Kier alpha value is -1.87. The molecule has 3 nitrogen and oxygen atoms in total. The molecule has 3 N–H and O–H groups in total. The summed E-state index contributed by atoms with van der Waals surface area (Å²) < 4.78 is 0. The van der Waals surface area contributed by atoms with Crippen molar-refractivity contribution in [1.82, 2.24) is 0 Å². The monoisotopic (exact) mass is 256 g/mol. The second-order valence-corrected chi connectivity index (χ2v) is 4.76. The van der Waals surface area contributed by atoms with Crippen LogP contribution in [0.5, 0.6) is 0 Å². The van der Waals surface area contributed by atoms with Crippen LogP contribution in [0.1, 0.15) is 26.2 Å². The highest BCUT2D eigenvalue weighted by Crippen LogP contribution is 2.23. The lowest BCUT2D eigenvalue weighted by Crippen LogP contribution is -2.35. The van der Waals surface area contributed by atoms with E-state index < -0.39 is 6.04 Å². The molecule has 2 aromatic rings. The predicted molar refractivity (Wildman–Crippen MR) is 80.1 cm³/mol. The van der Waals surface area contributed by atoms with Gasteiger partial charge in [-0.25, -0.2) is 0 Å². The molecule has 1 amide bonds. The van der Waals surface area contributed by atoms with E-state index in [-0.39, 0.29) is 5.91 Å². The maximum Gasteiger partial charge on any atom is 0.241 e. The van der Waals surface area contributed by atoms with Crippen LogP contribution >= 0.6 is 0 Å². The van der Waals surface area contributed by atoms with Gasteiger partial charge in [-0.1, -0.05) is 56.2 Å². The molecule has 0 aromatic heterocycles. The van der Waals surface area contributed by atoms with Crippen molar-refractivity contribution in [2.24, 2.45) is 5.73 Å². The van der Waals surface area contributed by atoms with Crippen LogP contribution in [0.25, 0.3) is 10.8 Å². The van der Waals surface area contributed by atoms with Crippen molar-refractivity contribution in [3.05, 3.63) is 42.5 Å². The Bertz CT molecular complexity index is 560. The quantitative estimate of drug-likeness (QED) is 0.862. The van der Waals surface area contributed by atoms with Gasteiger partial charge in [0, 0.05) is 11.1 Å². The first-order valence-electron chi connectivity index (χ1n) is 6.76. The first-order chi connectivity index (χ1) is 9.22. The SMILES string of the molecule is CCCCC(N)C(=O)Nc1cccc2ccccc12. The largest absolute Gasteiger partial charge is 0.324 e. The summed E-state index contributed by atoms with van der Waals surface area (Å²) in [4.78, 5) is 12.0. The minimum Gasteiger partial charge on any atom is -0.324 e. The van der Waals surface area contributed by atoms with Crippen LogP contribution in [0.4, 0.5) is 5.69 Å². The van der Waals surface area contributed by atoms with Crippen LogP contribution in [-0.4, -0.2) is 11.9 Å². The van der Waals surface area contributed by atoms with E-state index in [1.165, 1.54) is 0 Å². The fourth-order valence-electron chi connectivity index (χ4n) is 2.11. The summed E-state index contributed by atoms with van der Waals surface area (Å²) in [7, 11) is 0. The average Bonchev–Trinajstić information content (AvgIpc) is 2.45. The number of unbranched alkanes of at least 4 members (excludes halogenated alkanes) is 1. The number of rotatable bonds is 5. The number of nitrogens with two attached hydrogens (primary N) is 1. The van der Waals surface area contributed by atoms with Gasteiger partial charge in [0.25, 0.3) is 0 Å². The molecule has 19 heavy (non-hydrogen) atoms. The molecule has 0 bridgehead atoms. The number of hydrogen-bond acceptors (Lipinski definition) is 2. The Morgan fingerprint density at radius 1 is 1.21 bits per heavy atom. The molecule has 0 saturated carbocycles. The topological polar surface area (TPSA) is 55.1 Å². The van der Waals surface area contributed by atoms with Gasteiger partial charge in [0.1, 0.15) is 0 Å². The molecule has 0 radical (unpaired) electrons. The summed E-state index contributed by atoms with van der Waals surface area (Å²) in [5.41, 5.74) is 6.71. The number of nitrogens with one attached hydrogen (secondary N) is 1. The second-order valence-electron chi connectivity index (χ2n) is 4.76. The molecule has 2 aromatic carbocycles. The van der Waals surface area contributed by atoms with Gasteiger partial charge < -0.3 is 11.1 Å². The fourth-order valence-corrected chi connectivity index (χ4v) is 2.11. The van der Waals surface area contributed by atoms with E-state index in [1.54, 1.807) is 0 Å². The molecule has 0 heterocycles. The molecule has 0 saturated heterocycles. The summed E-state index contributed by atoms with van der Waals surface area (Å²) in [6.07, 6.45) is 2.76. The fraction of sp³-hybridized carbons (Fsp3) is 0.312. The van der Waals surface area contributed by atoms with Gasteiger partial charge in [0.2, 0.25) is 5.91 Å². The van der Waals surface area contributed by atoms with E-state index in [9.17, 15) is 4.79 Å². The van der Waals surface area contributed by atoms with Gasteiger partial charge in [0.15, 0.2) is 0 Å². The number of carbonyl (C=O) groups is 1. The van der Waals surface area contributed by atoms with Gasteiger partial charge in [-0.05, 0) is 17.9 Å². The van der Waals surface area contributed by atoms with Crippen molar-refractivity contribution >= 4 is 22.4 Å². The third-order valence-corrected chi connectivity index (χ3v) is 3.25. The standard InChI is InChI=1S/C16H20N2O/c1-2-3-10-14(17)16(19)18-15-11-6-8-12-7-4-5-9-13(12)15/h4-9,11,14H,2-3,10,17H2,1H3,(H,18,19). The number of hydrogen-bond donors (Lipinski definition) is 2. The van der Waals surface area contributed by atoms with Crippen molar-refractivity contribution in [3.8, 4) is 0 Å². The lowest BCUT2D eigenvalue weighted by molar-refractivity contribution is -0.117. The zero-order chi connectivity index (χ0) is 13.7. The predicted octanol–water partition coefficient (Wildman–Crippen LogP) is 3.30. The molecular formula is C16H20N2O. The number of benzene rings is 2. The summed E-state index contributed by atoms with van der Waals surface area (Å²) >= 11 is 0. The maximum absolute atomic E-state index is 12.0. The van der Waals surface area contributed by atoms with Crippen molar-refractivity contribution in [2.45, 2.75) is 32.2 Å². The van der Waals surface area contributed by atoms with Crippen LogP contribution in [0, 0.1) is 0 Å². The molecule has 0 fully saturated rings. The molecule has 0 spiro atoms. The molecular weight excluding hydrogens is 236 g/mol. The molecule has 3 heteroatoms. The zero-order valence-electron chi connectivity index (χ0n) is 11.2. The smallest absolute Gasteiger partial charge is 0.241 e. The highest BCUT2D eigenvalue weighted by atomic mass is 16.2. The Morgan fingerprint density at radius 2 is 1.95 bits per heavy atom. The Kier molecular flexibility index (Phi) is 4.53. The third-order valence-electron chi connectivity index (χ3n) is 3.25. The third kappa shape index (κ3) is 3.32. The van der Waals surface area contributed by atoms with Crippen LogP contribution in [0.3, 0.4) is 0 Å². The molecule has 1 atom stereocenters. The molecule has 0 aliphatic carbocycles. The normalized spacial score (nSPS) is 12.3. The molecule has 0 aliphatic heterocycles. The number of amides is 1. The summed E-state index contributed by atoms with van der Waals surface area (Å²) in [5.74, 6) is -0.107. The van der Waals surface area contributed by atoms with Crippen LogP contribution < -0.4 is 11.1 Å². The Balaban J connectivity index is 2.15. The highest BCUT2D eigenvalue weighted by molar-refractivity contribution is 6.03. The van der Waals surface area contributed by atoms with Gasteiger partial charge in [-0.2, -0.15) is 0 Å². The molecule has 100 valence electrons. The number of carbonyl (C=O) groups excluding carboxylic acids is 1. The maximum atomic E-state index is 12.0. The lowest BCUT2D eigenvalue weighted by atomic mass is 10.1. The Labute approximate surface area is 113 Å². The summed E-state index contributed by atoms with van der Waals surface area (Å²) in [6.45, 7) is 2.09. The van der Waals surface area contributed by atoms with Crippen molar-refractivity contribution in [1.29, 1.82) is 0 Å². The van der Waals surface area contributed by atoms with E-state index in [4.69, 9.17) is 5.73 Å². The highest BCUT2D eigenvalue weighted by Gasteiger charge is 2.13. The van der Waals surface area contributed by atoms with E-state index in [0.717, 1.165) is 35.7 Å². The van der Waals surface area contributed by atoms with Gasteiger partial charge in [-0.3, -0.25) is 4.79 Å². The molecule has 1 unspecified atom stereocenters. The molecule has 0 aliphatic rings. The van der Waals surface area contributed by atoms with E-state index in [1.807, 2.05) is 42.5 Å². The van der Waals surface area contributed by atoms with Gasteiger partial charge in [0.05, 0.1) is 6.04 Å². The minimum absolute atomic E-state index is 0.107. The summed E-state index contributed by atoms with van der Waals surface area (Å²) in [6, 6.07) is 13.4. The van der Waals surface area contributed by atoms with Crippen LogP contribution in [-0.2, 0) is 4.79 Å². The van der Waals surface area contributed by atoms with Gasteiger partial charge >= 0.3 is 0 Å². The van der Waals surface area contributed by atoms with Crippen molar-refractivity contribution in [3.63, 3.8) is 0 Å². The van der Waals surface area contributed by atoms with Crippen molar-refractivity contribution < 1.29 is 4.79 Å². The van der Waals surface area contributed by atoms with Crippen LogP contribution in [0.15, 0.2) is 42.5 Å². The first kappa shape index (κ1) is 13.6. The first-order valence-corrected chi connectivity index (χ1v) is 6.76. The van der Waals surface area contributed by atoms with E-state index in [2.05, 4.69) is 12.2 Å². The van der Waals surface area contributed by atoms with Crippen LogP contribution in [0.2, 0.25) is 0 Å². The summed E-state index contributed by atoms with van der Waals surface area (Å²) in [5, 5.41) is 5.09. The average molecular weight is 256 g/mol. The Morgan fingerprint density at radius 3 is 2.74 bits per heavy atom. The number of anilines is 1. The van der Waals surface area contributed by atoms with Crippen molar-refractivity contribution in [2.75, 3.05) is 5.32 Å². The second kappa shape index (κ2) is 6.34. The minimum atomic E-state index is -0.432. The number of fused-ring (bicyclic) bond motifs is 1. The molecule has 2 rings (SSSR count).